The van der Waals surface area contributed by atoms with Crippen LogP contribution in [0.3, 0.4) is 0 Å². The number of sulfonamides is 1. The lowest BCUT2D eigenvalue weighted by molar-refractivity contribution is -0.119. The van der Waals surface area contributed by atoms with Crippen LogP contribution in [0.25, 0.3) is 0 Å². The van der Waals surface area contributed by atoms with Crippen molar-refractivity contribution < 1.29 is 13.2 Å². The minimum Gasteiger partial charge on any atom is -0.397 e. The van der Waals surface area contributed by atoms with Gasteiger partial charge in [0.05, 0.1) is 22.8 Å². The van der Waals surface area contributed by atoms with Gasteiger partial charge < -0.3 is 16.4 Å². The summed E-state index contributed by atoms with van der Waals surface area (Å²) in [5.41, 5.74) is 12.2. The van der Waals surface area contributed by atoms with Crippen LogP contribution in [-0.2, 0) is 14.8 Å². The number of nitrogen functional groups attached to an aromatic ring is 1. The Balaban J connectivity index is 2.09. The fraction of sp³-hybridized carbons (Fsp3) is 0.417. The second-order valence-corrected chi connectivity index (χ2v) is 6.56. The van der Waals surface area contributed by atoms with Crippen LogP contribution in [-0.4, -0.2) is 51.9 Å². The number of amides is 1. The Morgan fingerprint density at radius 1 is 1.19 bits per heavy atom. The zero-order valence-electron chi connectivity index (χ0n) is 11.5. The number of carbonyl (C=O) groups excluding carboxylic acids is 1. The molecule has 0 aromatic heterocycles. The Morgan fingerprint density at radius 3 is 2.29 bits per heavy atom. The second kappa shape index (κ2) is 5.88. The monoisotopic (exact) mass is 313 g/mol. The molecule has 1 aromatic rings. The average molecular weight is 313 g/mol. The van der Waals surface area contributed by atoms with Crippen molar-refractivity contribution in [2.24, 2.45) is 10.9 Å². The van der Waals surface area contributed by atoms with E-state index in [0.717, 1.165) is 5.69 Å². The Kier molecular flexibility index (Phi) is 4.35. The highest BCUT2D eigenvalue weighted by atomic mass is 32.2. The smallest absolute Gasteiger partial charge is 0.238 e. The molecular weight excluding hydrogens is 294 g/mol. The number of anilines is 2. The highest BCUT2D eigenvalue weighted by Gasteiger charge is 2.20. The molecular formula is C12H19N5O3S. The van der Waals surface area contributed by atoms with Crippen LogP contribution in [0.15, 0.2) is 23.1 Å². The molecule has 8 nitrogen and oxygen atoms in total. The van der Waals surface area contributed by atoms with Gasteiger partial charge in [-0.3, -0.25) is 9.69 Å². The van der Waals surface area contributed by atoms with E-state index in [4.69, 9.17) is 16.6 Å². The fourth-order valence-corrected chi connectivity index (χ4v) is 2.91. The Bertz CT molecular complexity index is 638. The summed E-state index contributed by atoms with van der Waals surface area (Å²) in [5, 5.41) is 5.07. The zero-order chi connectivity index (χ0) is 15.6. The summed E-state index contributed by atoms with van der Waals surface area (Å²) in [5.74, 6) is -0.347. The van der Waals surface area contributed by atoms with E-state index in [1.165, 1.54) is 12.1 Å². The van der Waals surface area contributed by atoms with Gasteiger partial charge in [-0.1, -0.05) is 0 Å². The maximum Gasteiger partial charge on any atom is 0.238 e. The van der Waals surface area contributed by atoms with Crippen LogP contribution in [0, 0.1) is 0 Å². The lowest BCUT2D eigenvalue weighted by Gasteiger charge is -2.36. The predicted octanol–water partition coefficient (Wildman–Crippen LogP) is -1.48. The Labute approximate surface area is 123 Å². The van der Waals surface area contributed by atoms with Gasteiger partial charge in [0, 0.05) is 26.2 Å². The molecule has 9 heteroatoms. The number of hydrogen-bond donors (Lipinski definition) is 3. The SMILES string of the molecule is NC(=O)CN1CCN(c2ccc(S(N)(=O)=O)cc2N)CC1. The van der Waals surface area contributed by atoms with Crippen LogP contribution in [0.2, 0.25) is 0 Å². The van der Waals surface area contributed by atoms with Crippen molar-refractivity contribution in [1.29, 1.82) is 0 Å². The van der Waals surface area contributed by atoms with Gasteiger partial charge in [0.2, 0.25) is 15.9 Å². The van der Waals surface area contributed by atoms with Crippen molar-refractivity contribution in [3.63, 3.8) is 0 Å². The van der Waals surface area contributed by atoms with E-state index in [1.54, 1.807) is 6.07 Å². The molecule has 1 fully saturated rings. The molecule has 0 radical (unpaired) electrons. The van der Waals surface area contributed by atoms with Gasteiger partial charge >= 0.3 is 0 Å². The molecule has 1 aliphatic heterocycles. The molecule has 0 atom stereocenters. The maximum atomic E-state index is 11.3. The molecule has 1 amide bonds. The first-order valence-corrected chi connectivity index (χ1v) is 8.00. The molecule has 0 unspecified atom stereocenters. The molecule has 1 aromatic carbocycles. The first-order valence-electron chi connectivity index (χ1n) is 6.45. The first-order chi connectivity index (χ1) is 9.77. The number of hydrogen-bond acceptors (Lipinski definition) is 6. The van der Waals surface area contributed by atoms with E-state index < -0.39 is 10.0 Å². The molecule has 21 heavy (non-hydrogen) atoms. The molecule has 1 aliphatic rings. The number of nitrogens with zero attached hydrogens (tertiary/aromatic N) is 2. The van der Waals surface area contributed by atoms with E-state index in [0.29, 0.717) is 31.9 Å². The molecule has 0 aliphatic carbocycles. The van der Waals surface area contributed by atoms with Gasteiger partial charge in [0.25, 0.3) is 0 Å². The van der Waals surface area contributed by atoms with E-state index in [9.17, 15) is 13.2 Å². The molecule has 1 saturated heterocycles. The van der Waals surface area contributed by atoms with Crippen LogP contribution in [0.5, 0.6) is 0 Å². The predicted molar refractivity (Wildman–Crippen MR) is 80.1 cm³/mol. The largest absolute Gasteiger partial charge is 0.397 e. The second-order valence-electron chi connectivity index (χ2n) is 5.00. The van der Waals surface area contributed by atoms with Gasteiger partial charge in [-0.05, 0) is 18.2 Å². The van der Waals surface area contributed by atoms with Crippen molar-refractivity contribution in [3.05, 3.63) is 18.2 Å². The number of benzene rings is 1. The van der Waals surface area contributed by atoms with E-state index >= 15 is 0 Å². The third kappa shape index (κ3) is 3.84. The van der Waals surface area contributed by atoms with Gasteiger partial charge in [-0.2, -0.15) is 0 Å². The summed E-state index contributed by atoms with van der Waals surface area (Å²) in [6, 6.07) is 4.45. The lowest BCUT2D eigenvalue weighted by Crippen LogP contribution is -2.49. The number of carbonyl (C=O) groups is 1. The third-order valence-electron chi connectivity index (χ3n) is 3.42. The third-order valence-corrected chi connectivity index (χ3v) is 4.33. The molecule has 2 rings (SSSR count). The summed E-state index contributed by atoms with van der Waals surface area (Å²) in [6.07, 6.45) is 0. The standard InChI is InChI=1S/C12H19N5O3S/c13-10-7-9(21(15,19)20)1-2-11(10)17-5-3-16(4-6-17)8-12(14)18/h1-2,7H,3-6,8,13H2,(H2,14,18)(H2,15,19,20). The number of primary amides is 1. The summed E-state index contributed by atoms with van der Waals surface area (Å²) in [4.78, 5) is 14.9. The minimum atomic E-state index is -3.75. The topological polar surface area (TPSA) is 136 Å². The van der Waals surface area contributed by atoms with Crippen LogP contribution >= 0.6 is 0 Å². The van der Waals surface area contributed by atoms with Crippen molar-refractivity contribution in [3.8, 4) is 0 Å². The Hall–Kier alpha value is -1.84. The number of nitrogens with two attached hydrogens (primary N) is 3. The molecule has 116 valence electrons. The summed E-state index contributed by atoms with van der Waals surface area (Å²) < 4.78 is 22.6. The van der Waals surface area contributed by atoms with Crippen molar-refractivity contribution in [1.82, 2.24) is 4.90 Å². The molecule has 1 heterocycles. The van der Waals surface area contributed by atoms with E-state index in [-0.39, 0.29) is 17.3 Å². The van der Waals surface area contributed by atoms with Crippen molar-refractivity contribution >= 4 is 27.3 Å². The maximum absolute atomic E-state index is 11.3. The lowest BCUT2D eigenvalue weighted by atomic mass is 10.2. The summed E-state index contributed by atoms with van der Waals surface area (Å²) in [6.45, 7) is 3.00. The molecule has 0 bridgehead atoms. The minimum absolute atomic E-state index is 0.00360. The molecule has 0 saturated carbocycles. The Morgan fingerprint density at radius 2 is 1.81 bits per heavy atom. The fourth-order valence-electron chi connectivity index (χ4n) is 2.36. The first kappa shape index (κ1) is 15.5. The zero-order valence-corrected chi connectivity index (χ0v) is 12.3. The summed E-state index contributed by atoms with van der Waals surface area (Å²) >= 11 is 0. The van der Waals surface area contributed by atoms with Crippen LogP contribution < -0.4 is 21.5 Å². The van der Waals surface area contributed by atoms with Gasteiger partial charge in [-0.25, -0.2) is 13.6 Å². The van der Waals surface area contributed by atoms with E-state index in [2.05, 4.69) is 0 Å². The quantitative estimate of drug-likeness (QED) is 0.580. The highest BCUT2D eigenvalue weighted by Crippen LogP contribution is 2.26. The number of primary sulfonamides is 1. The molecule has 6 N–H and O–H groups in total. The van der Waals surface area contributed by atoms with Crippen molar-refractivity contribution in [2.45, 2.75) is 4.90 Å². The van der Waals surface area contributed by atoms with Crippen LogP contribution in [0.1, 0.15) is 0 Å². The number of rotatable bonds is 4. The van der Waals surface area contributed by atoms with Crippen molar-refractivity contribution in [2.75, 3.05) is 43.4 Å². The summed E-state index contributed by atoms with van der Waals surface area (Å²) in [7, 11) is -3.75. The van der Waals surface area contributed by atoms with Gasteiger partial charge in [-0.15, -0.1) is 0 Å². The van der Waals surface area contributed by atoms with E-state index in [1.807, 2.05) is 9.80 Å². The highest BCUT2D eigenvalue weighted by molar-refractivity contribution is 7.89. The van der Waals surface area contributed by atoms with Gasteiger partial charge in [0.1, 0.15) is 0 Å². The van der Waals surface area contributed by atoms with Gasteiger partial charge in [0.15, 0.2) is 0 Å². The van der Waals surface area contributed by atoms with Crippen LogP contribution in [0.4, 0.5) is 11.4 Å². The average Bonchev–Trinajstić information content (AvgIpc) is 2.38. The number of piperazine rings is 1. The molecule has 0 spiro atoms. The normalized spacial score (nSPS) is 16.9.